The maximum atomic E-state index is 6.11. The molecule has 1 heterocycles. The minimum absolute atomic E-state index is 0.0906. The standard InChI is InChI=1S/C11H17NO/c1-3-8-4-5-9(13-8)10(12)11(2)6-7-11/h4-5,10H,3,6-7,12H2,1-2H3. The molecule has 1 saturated carbocycles. The van der Waals surface area contributed by atoms with Gasteiger partial charge in [0.15, 0.2) is 0 Å². The van der Waals surface area contributed by atoms with E-state index < -0.39 is 0 Å². The number of aryl methyl sites for hydroxylation is 1. The van der Waals surface area contributed by atoms with Crippen molar-refractivity contribution in [3.63, 3.8) is 0 Å². The van der Waals surface area contributed by atoms with Gasteiger partial charge in [-0.15, -0.1) is 0 Å². The van der Waals surface area contributed by atoms with Crippen molar-refractivity contribution >= 4 is 0 Å². The second-order valence-corrected chi connectivity index (χ2v) is 4.29. The molecule has 0 spiro atoms. The van der Waals surface area contributed by atoms with Crippen LogP contribution in [0, 0.1) is 5.41 Å². The van der Waals surface area contributed by atoms with Gasteiger partial charge < -0.3 is 10.2 Å². The van der Waals surface area contributed by atoms with Gasteiger partial charge >= 0.3 is 0 Å². The van der Waals surface area contributed by atoms with Crippen molar-refractivity contribution in [2.75, 3.05) is 0 Å². The van der Waals surface area contributed by atoms with Crippen LogP contribution >= 0.6 is 0 Å². The fourth-order valence-electron chi connectivity index (χ4n) is 1.60. The highest BCUT2D eigenvalue weighted by atomic mass is 16.3. The van der Waals surface area contributed by atoms with Gasteiger partial charge in [-0.3, -0.25) is 0 Å². The van der Waals surface area contributed by atoms with Crippen molar-refractivity contribution in [3.8, 4) is 0 Å². The third-order valence-corrected chi connectivity index (χ3v) is 3.13. The van der Waals surface area contributed by atoms with Crippen LogP contribution in [0.15, 0.2) is 16.5 Å². The minimum atomic E-state index is 0.0906. The van der Waals surface area contributed by atoms with Crippen LogP contribution in [-0.4, -0.2) is 0 Å². The van der Waals surface area contributed by atoms with Gasteiger partial charge in [0.25, 0.3) is 0 Å². The molecular weight excluding hydrogens is 162 g/mol. The van der Waals surface area contributed by atoms with Gasteiger partial charge in [0, 0.05) is 6.42 Å². The molecular formula is C11H17NO. The molecule has 0 aromatic carbocycles. The van der Waals surface area contributed by atoms with Gasteiger partial charge in [-0.1, -0.05) is 13.8 Å². The smallest absolute Gasteiger partial charge is 0.121 e. The van der Waals surface area contributed by atoms with E-state index in [0.29, 0.717) is 5.41 Å². The summed E-state index contributed by atoms with van der Waals surface area (Å²) in [6, 6.07) is 4.14. The predicted octanol–water partition coefficient (Wildman–Crippen LogP) is 2.64. The average Bonchev–Trinajstić information content (AvgIpc) is 2.71. The first-order valence-electron chi connectivity index (χ1n) is 5.00. The van der Waals surface area contributed by atoms with E-state index in [1.54, 1.807) is 0 Å². The van der Waals surface area contributed by atoms with Crippen LogP contribution in [0.1, 0.15) is 44.3 Å². The van der Waals surface area contributed by atoms with Crippen LogP contribution in [0.25, 0.3) is 0 Å². The van der Waals surface area contributed by atoms with E-state index in [1.807, 2.05) is 12.1 Å². The monoisotopic (exact) mass is 179 g/mol. The Labute approximate surface area is 79.1 Å². The Bertz CT molecular complexity index is 299. The van der Waals surface area contributed by atoms with E-state index in [1.165, 1.54) is 12.8 Å². The lowest BCUT2D eigenvalue weighted by molar-refractivity contribution is 0.356. The lowest BCUT2D eigenvalue weighted by atomic mass is 9.98. The molecule has 13 heavy (non-hydrogen) atoms. The van der Waals surface area contributed by atoms with E-state index in [4.69, 9.17) is 10.2 Å². The van der Waals surface area contributed by atoms with E-state index in [0.717, 1.165) is 17.9 Å². The molecule has 1 aromatic rings. The van der Waals surface area contributed by atoms with Crippen molar-refractivity contribution in [2.24, 2.45) is 11.1 Å². The fourth-order valence-corrected chi connectivity index (χ4v) is 1.60. The molecule has 2 N–H and O–H groups in total. The molecule has 72 valence electrons. The van der Waals surface area contributed by atoms with Crippen molar-refractivity contribution in [1.29, 1.82) is 0 Å². The van der Waals surface area contributed by atoms with Gasteiger partial charge in [-0.2, -0.15) is 0 Å². The molecule has 0 saturated heterocycles. The SMILES string of the molecule is CCc1ccc(C(N)C2(C)CC2)o1. The summed E-state index contributed by atoms with van der Waals surface area (Å²) in [6.45, 7) is 4.32. The Kier molecular flexibility index (Phi) is 1.95. The van der Waals surface area contributed by atoms with E-state index in [-0.39, 0.29) is 6.04 Å². The summed E-state index contributed by atoms with van der Waals surface area (Å²) < 4.78 is 5.64. The molecule has 0 aliphatic heterocycles. The summed E-state index contributed by atoms with van der Waals surface area (Å²) in [6.07, 6.45) is 3.41. The van der Waals surface area contributed by atoms with Gasteiger partial charge in [0.05, 0.1) is 6.04 Å². The summed E-state index contributed by atoms with van der Waals surface area (Å²) in [5.41, 5.74) is 6.42. The Balaban J connectivity index is 2.15. The highest BCUT2D eigenvalue weighted by Gasteiger charge is 2.44. The van der Waals surface area contributed by atoms with Crippen molar-refractivity contribution in [1.82, 2.24) is 0 Å². The Morgan fingerprint density at radius 2 is 2.23 bits per heavy atom. The number of rotatable bonds is 3. The maximum Gasteiger partial charge on any atom is 0.121 e. The summed E-state index contributed by atoms with van der Waals surface area (Å²) in [5.74, 6) is 1.99. The highest BCUT2D eigenvalue weighted by molar-refractivity contribution is 5.15. The zero-order valence-electron chi connectivity index (χ0n) is 8.34. The topological polar surface area (TPSA) is 39.2 Å². The normalized spacial score (nSPS) is 21.5. The molecule has 1 aromatic heterocycles. The van der Waals surface area contributed by atoms with E-state index >= 15 is 0 Å². The average molecular weight is 179 g/mol. The molecule has 1 fully saturated rings. The number of hydrogen-bond donors (Lipinski definition) is 1. The fraction of sp³-hybridized carbons (Fsp3) is 0.636. The Morgan fingerprint density at radius 3 is 2.69 bits per heavy atom. The van der Waals surface area contributed by atoms with Crippen LogP contribution in [0.5, 0.6) is 0 Å². The third kappa shape index (κ3) is 1.51. The van der Waals surface area contributed by atoms with Crippen LogP contribution in [0.2, 0.25) is 0 Å². The van der Waals surface area contributed by atoms with Crippen LogP contribution in [-0.2, 0) is 6.42 Å². The summed E-state index contributed by atoms with van der Waals surface area (Å²) in [5, 5.41) is 0. The quantitative estimate of drug-likeness (QED) is 0.774. The molecule has 0 amide bonds. The Hall–Kier alpha value is -0.760. The van der Waals surface area contributed by atoms with Crippen LogP contribution in [0.3, 0.4) is 0 Å². The first-order chi connectivity index (χ1) is 6.15. The zero-order valence-corrected chi connectivity index (χ0v) is 8.34. The maximum absolute atomic E-state index is 6.11. The minimum Gasteiger partial charge on any atom is -0.464 e. The number of hydrogen-bond acceptors (Lipinski definition) is 2. The third-order valence-electron chi connectivity index (χ3n) is 3.13. The molecule has 2 nitrogen and oxygen atoms in total. The zero-order chi connectivity index (χ0) is 9.47. The molecule has 1 atom stereocenters. The predicted molar refractivity (Wildman–Crippen MR) is 52.4 cm³/mol. The van der Waals surface area contributed by atoms with Crippen molar-refractivity contribution < 1.29 is 4.42 Å². The molecule has 1 unspecified atom stereocenters. The summed E-state index contributed by atoms with van der Waals surface area (Å²) in [7, 11) is 0. The molecule has 2 heteroatoms. The van der Waals surface area contributed by atoms with Crippen molar-refractivity contribution in [2.45, 2.75) is 39.2 Å². The van der Waals surface area contributed by atoms with Gasteiger partial charge in [0.2, 0.25) is 0 Å². The number of furan rings is 1. The van der Waals surface area contributed by atoms with E-state index in [9.17, 15) is 0 Å². The molecule has 0 radical (unpaired) electrons. The highest BCUT2D eigenvalue weighted by Crippen LogP contribution is 2.53. The summed E-state index contributed by atoms with van der Waals surface area (Å²) >= 11 is 0. The van der Waals surface area contributed by atoms with Crippen LogP contribution in [0.4, 0.5) is 0 Å². The van der Waals surface area contributed by atoms with Crippen LogP contribution < -0.4 is 5.73 Å². The second-order valence-electron chi connectivity index (χ2n) is 4.29. The molecule has 1 aliphatic carbocycles. The summed E-state index contributed by atoms with van der Waals surface area (Å²) in [4.78, 5) is 0. The lowest BCUT2D eigenvalue weighted by Crippen LogP contribution is -2.19. The molecule has 0 bridgehead atoms. The Morgan fingerprint density at radius 1 is 1.54 bits per heavy atom. The van der Waals surface area contributed by atoms with Gasteiger partial charge in [-0.05, 0) is 30.4 Å². The largest absolute Gasteiger partial charge is 0.464 e. The van der Waals surface area contributed by atoms with Gasteiger partial charge in [-0.25, -0.2) is 0 Å². The van der Waals surface area contributed by atoms with Gasteiger partial charge in [0.1, 0.15) is 11.5 Å². The molecule has 1 aliphatic rings. The second kappa shape index (κ2) is 2.88. The van der Waals surface area contributed by atoms with E-state index in [2.05, 4.69) is 13.8 Å². The first kappa shape index (κ1) is 8.82. The number of nitrogens with two attached hydrogens (primary N) is 1. The van der Waals surface area contributed by atoms with Crippen molar-refractivity contribution in [3.05, 3.63) is 23.7 Å². The lowest BCUT2D eigenvalue weighted by Gasteiger charge is -2.15. The molecule has 2 rings (SSSR count). The first-order valence-corrected chi connectivity index (χ1v) is 5.00.